The van der Waals surface area contributed by atoms with Crippen molar-refractivity contribution in [1.29, 1.82) is 0 Å². The Morgan fingerprint density at radius 3 is 2.57 bits per heavy atom. The van der Waals surface area contributed by atoms with Crippen molar-refractivity contribution >= 4 is 28.7 Å². The lowest BCUT2D eigenvalue weighted by atomic mass is 9.87. The fraction of sp³-hybridized carbons (Fsp3) is 0.391. The molecule has 1 fully saturated rings. The zero-order valence-corrected chi connectivity index (χ0v) is 17.3. The molecule has 1 aliphatic carbocycles. The molecule has 28 heavy (non-hydrogen) atoms. The lowest BCUT2D eigenvalue weighted by Crippen LogP contribution is -2.38. The molecule has 0 spiro atoms. The van der Waals surface area contributed by atoms with Gasteiger partial charge in [0.1, 0.15) is 0 Å². The summed E-state index contributed by atoms with van der Waals surface area (Å²) in [4.78, 5) is 17.3. The first-order valence-corrected chi connectivity index (χ1v) is 11.1. The molecule has 0 unspecified atom stereocenters. The molecular weight excluding hydrogens is 366 g/mol. The van der Waals surface area contributed by atoms with E-state index in [9.17, 15) is 4.79 Å². The van der Waals surface area contributed by atoms with Crippen LogP contribution in [0.5, 0.6) is 0 Å². The second kappa shape index (κ2) is 8.39. The van der Waals surface area contributed by atoms with Crippen molar-refractivity contribution in [2.45, 2.75) is 50.7 Å². The van der Waals surface area contributed by atoms with Gasteiger partial charge in [-0.2, -0.15) is 0 Å². The molecule has 0 aliphatic heterocycles. The van der Waals surface area contributed by atoms with E-state index >= 15 is 0 Å². The third-order valence-corrected chi connectivity index (χ3v) is 6.47. The van der Waals surface area contributed by atoms with Crippen molar-refractivity contribution < 1.29 is 4.79 Å². The highest BCUT2D eigenvalue weighted by molar-refractivity contribution is 7.99. The fourth-order valence-electron chi connectivity index (χ4n) is 3.85. The van der Waals surface area contributed by atoms with Crippen LogP contribution in [0.3, 0.4) is 0 Å². The minimum atomic E-state index is 0.104. The van der Waals surface area contributed by atoms with Crippen LogP contribution in [0.1, 0.15) is 38.2 Å². The molecular formula is C23H27N3OS. The first kappa shape index (κ1) is 19.1. The number of fused-ring (bicyclic) bond motifs is 1. The molecule has 1 aliphatic rings. The van der Waals surface area contributed by atoms with Crippen molar-refractivity contribution in [2.75, 3.05) is 5.75 Å². The second-order valence-electron chi connectivity index (χ2n) is 7.87. The maximum Gasteiger partial charge on any atom is 0.230 e. The molecule has 0 saturated heterocycles. The number of imidazole rings is 1. The number of aryl methyl sites for hydroxylation is 1. The van der Waals surface area contributed by atoms with E-state index in [4.69, 9.17) is 4.98 Å². The summed E-state index contributed by atoms with van der Waals surface area (Å²) in [5, 5.41) is 4.07. The van der Waals surface area contributed by atoms with Gasteiger partial charge in [-0.05, 0) is 62.8 Å². The van der Waals surface area contributed by atoms with E-state index in [1.54, 1.807) is 0 Å². The third-order valence-electron chi connectivity index (χ3n) is 5.54. The molecule has 1 N–H and O–H groups in total. The van der Waals surface area contributed by atoms with Crippen LogP contribution in [0.15, 0.2) is 53.7 Å². The van der Waals surface area contributed by atoms with E-state index in [-0.39, 0.29) is 5.91 Å². The molecule has 0 bridgehead atoms. The Bertz CT molecular complexity index is 956. The van der Waals surface area contributed by atoms with Gasteiger partial charge in [-0.25, -0.2) is 4.98 Å². The van der Waals surface area contributed by atoms with Crippen LogP contribution in [0.2, 0.25) is 0 Å². The number of thioether (sulfide) groups is 1. The van der Waals surface area contributed by atoms with Crippen LogP contribution in [-0.4, -0.2) is 27.3 Å². The molecule has 1 amide bonds. The van der Waals surface area contributed by atoms with Gasteiger partial charge in [0.2, 0.25) is 5.91 Å². The molecule has 3 aromatic rings. The monoisotopic (exact) mass is 393 g/mol. The normalized spacial score (nSPS) is 19.6. The second-order valence-corrected chi connectivity index (χ2v) is 8.81. The zero-order chi connectivity index (χ0) is 19.5. The number of rotatable bonds is 5. The van der Waals surface area contributed by atoms with E-state index in [1.807, 2.05) is 18.2 Å². The summed E-state index contributed by atoms with van der Waals surface area (Å²) in [5.74, 6) is 1.28. The van der Waals surface area contributed by atoms with Crippen molar-refractivity contribution in [3.05, 3.63) is 54.1 Å². The molecule has 1 saturated carbocycles. The third kappa shape index (κ3) is 4.25. The standard InChI is InChI=1S/C23H27N3OS/c1-16-7-11-18(12-8-16)24-22(27)15-28-23-25-20-5-3-4-6-21(20)26(23)19-13-9-17(2)10-14-19/h3-6,9-10,13-14,16,18H,7-8,11-12,15H2,1-2H3,(H,24,27). The Labute approximate surface area is 170 Å². The van der Waals surface area contributed by atoms with Crippen LogP contribution in [0, 0.1) is 12.8 Å². The summed E-state index contributed by atoms with van der Waals surface area (Å²) < 4.78 is 2.15. The maximum atomic E-state index is 12.5. The Balaban J connectivity index is 1.51. The van der Waals surface area contributed by atoms with Gasteiger partial charge in [0.25, 0.3) is 0 Å². The van der Waals surface area contributed by atoms with E-state index in [0.717, 1.165) is 40.6 Å². The zero-order valence-electron chi connectivity index (χ0n) is 16.5. The van der Waals surface area contributed by atoms with Crippen molar-refractivity contribution in [3.63, 3.8) is 0 Å². The number of para-hydroxylation sites is 2. The minimum absolute atomic E-state index is 0.104. The van der Waals surface area contributed by atoms with Crippen LogP contribution in [0.4, 0.5) is 0 Å². The molecule has 5 heteroatoms. The summed E-state index contributed by atoms with van der Waals surface area (Å²) in [7, 11) is 0. The van der Waals surface area contributed by atoms with E-state index in [1.165, 1.54) is 30.2 Å². The highest BCUT2D eigenvalue weighted by atomic mass is 32.2. The van der Waals surface area contributed by atoms with Gasteiger partial charge in [-0.3, -0.25) is 9.36 Å². The highest BCUT2D eigenvalue weighted by Crippen LogP contribution is 2.28. The number of carbonyl (C=O) groups excluding carboxylic acids is 1. The predicted octanol–water partition coefficient (Wildman–Crippen LogP) is 5.12. The predicted molar refractivity (Wildman–Crippen MR) is 116 cm³/mol. The molecule has 1 aromatic heterocycles. The Kier molecular flexibility index (Phi) is 5.72. The van der Waals surface area contributed by atoms with Crippen LogP contribution >= 0.6 is 11.8 Å². The number of nitrogens with zero attached hydrogens (tertiary/aromatic N) is 2. The lowest BCUT2D eigenvalue weighted by molar-refractivity contribution is -0.119. The Morgan fingerprint density at radius 2 is 1.82 bits per heavy atom. The van der Waals surface area contributed by atoms with Crippen LogP contribution < -0.4 is 5.32 Å². The molecule has 4 nitrogen and oxygen atoms in total. The van der Waals surface area contributed by atoms with Crippen molar-refractivity contribution in [3.8, 4) is 5.69 Å². The number of carbonyl (C=O) groups is 1. The SMILES string of the molecule is Cc1ccc(-n2c(SCC(=O)NC3CCC(C)CC3)nc3ccccc32)cc1. The first-order chi connectivity index (χ1) is 13.6. The smallest absolute Gasteiger partial charge is 0.230 e. The lowest BCUT2D eigenvalue weighted by Gasteiger charge is -2.26. The topological polar surface area (TPSA) is 46.9 Å². The average Bonchev–Trinajstić information content (AvgIpc) is 3.07. The van der Waals surface area contributed by atoms with Gasteiger partial charge in [0.15, 0.2) is 5.16 Å². The van der Waals surface area contributed by atoms with Crippen LogP contribution in [-0.2, 0) is 4.79 Å². The largest absolute Gasteiger partial charge is 0.353 e. The number of hydrogen-bond acceptors (Lipinski definition) is 3. The first-order valence-electron chi connectivity index (χ1n) is 10.1. The van der Waals surface area contributed by atoms with Gasteiger partial charge < -0.3 is 5.32 Å². The van der Waals surface area contributed by atoms with E-state index in [0.29, 0.717) is 11.8 Å². The molecule has 1 heterocycles. The summed E-state index contributed by atoms with van der Waals surface area (Å²) in [6.45, 7) is 4.38. The maximum absolute atomic E-state index is 12.5. The molecule has 0 radical (unpaired) electrons. The van der Waals surface area contributed by atoms with Crippen LogP contribution in [0.25, 0.3) is 16.7 Å². The molecule has 4 rings (SSSR count). The van der Waals surface area contributed by atoms with Crippen molar-refractivity contribution in [2.24, 2.45) is 5.92 Å². The van der Waals surface area contributed by atoms with Crippen molar-refractivity contribution in [1.82, 2.24) is 14.9 Å². The number of amides is 1. The molecule has 2 aromatic carbocycles. The Morgan fingerprint density at radius 1 is 1.11 bits per heavy atom. The van der Waals surface area contributed by atoms with Gasteiger partial charge >= 0.3 is 0 Å². The van der Waals surface area contributed by atoms with Gasteiger partial charge in [-0.1, -0.05) is 48.5 Å². The summed E-state index contributed by atoms with van der Waals surface area (Å²) in [5.41, 5.74) is 4.31. The fourth-order valence-corrected chi connectivity index (χ4v) is 4.69. The number of hydrogen-bond donors (Lipinski definition) is 1. The number of nitrogens with one attached hydrogen (secondary N) is 1. The van der Waals surface area contributed by atoms with E-state index < -0.39 is 0 Å². The minimum Gasteiger partial charge on any atom is -0.353 e. The van der Waals surface area contributed by atoms with E-state index in [2.05, 4.69) is 54.1 Å². The average molecular weight is 394 g/mol. The highest BCUT2D eigenvalue weighted by Gasteiger charge is 2.20. The number of aromatic nitrogens is 2. The van der Waals surface area contributed by atoms with Gasteiger partial charge in [0, 0.05) is 11.7 Å². The van der Waals surface area contributed by atoms with Gasteiger partial charge in [0.05, 0.1) is 16.8 Å². The quantitative estimate of drug-likeness (QED) is 0.612. The Hall–Kier alpha value is -2.27. The molecule has 146 valence electrons. The molecule has 0 atom stereocenters. The number of benzene rings is 2. The summed E-state index contributed by atoms with van der Waals surface area (Å²) >= 11 is 1.51. The van der Waals surface area contributed by atoms with Gasteiger partial charge in [-0.15, -0.1) is 0 Å². The summed E-state index contributed by atoms with van der Waals surface area (Å²) in [6, 6.07) is 16.9. The summed E-state index contributed by atoms with van der Waals surface area (Å²) in [6.07, 6.45) is 4.61.